The molecule has 7 nitrogen and oxygen atoms in total. The van der Waals surface area contributed by atoms with Crippen LogP contribution in [0.15, 0.2) is 12.1 Å². The van der Waals surface area contributed by atoms with E-state index in [-0.39, 0.29) is 12.3 Å². The Morgan fingerprint density at radius 1 is 1.39 bits per heavy atom. The maximum atomic E-state index is 12.6. The number of urea groups is 1. The molecule has 3 rings (SSSR count). The van der Waals surface area contributed by atoms with Gasteiger partial charge >= 0.3 is 6.03 Å². The zero-order valence-electron chi connectivity index (χ0n) is 16.5. The number of hydrogen-bond acceptors (Lipinski definition) is 4. The van der Waals surface area contributed by atoms with Crippen LogP contribution in [0, 0.1) is 6.92 Å². The lowest BCUT2D eigenvalue weighted by Gasteiger charge is -2.34. The number of nitrogens with one attached hydrogen (secondary N) is 2. The second kappa shape index (κ2) is 8.17. The molecule has 28 heavy (non-hydrogen) atoms. The van der Waals surface area contributed by atoms with Crippen LogP contribution in [0.2, 0.25) is 5.02 Å². The molecule has 2 fully saturated rings. The van der Waals surface area contributed by atoms with Crippen molar-refractivity contribution in [1.29, 1.82) is 0 Å². The highest BCUT2D eigenvalue weighted by Crippen LogP contribution is 2.36. The zero-order valence-corrected chi connectivity index (χ0v) is 17.3. The molecule has 2 atom stereocenters. The number of amides is 3. The Labute approximate surface area is 170 Å². The average Bonchev–Trinajstić information content (AvgIpc) is 2.92. The largest absolute Gasteiger partial charge is 0.495 e. The Morgan fingerprint density at radius 3 is 2.64 bits per heavy atom. The molecule has 1 aromatic rings. The standard InChI is InChI=1S/C20H28ClN3O4/c1-12-10-15(21)16(28-3)11-14(12)13-5-8-24(9-6-13)17(25)4-7-20(2)18(26)22-19(27)23-20/h10-11,13,18,26H,4-9H2,1-3H3,(H2,22,23,27). The minimum absolute atomic E-state index is 0.0541. The molecule has 2 unspecified atom stereocenters. The molecule has 154 valence electrons. The highest BCUT2D eigenvalue weighted by Gasteiger charge is 2.42. The van der Waals surface area contributed by atoms with Gasteiger partial charge in [-0.3, -0.25) is 4.79 Å². The van der Waals surface area contributed by atoms with Gasteiger partial charge in [-0.1, -0.05) is 11.6 Å². The highest BCUT2D eigenvalue weighted by molar-refractivity contribution is 6.32. The Morgan fingerprint density at radius 2 is 2.07 bits per heavy atom. The van der Waals surface area contributed by atoms with Gasteiger partial charge in [-0.15, -0.1) is 0 Å². The van der Waals surface area contributed by atoms with Gasteiger partial charge in [0.15, 0.2) is 6.23 Å². The van der Waals surface area contributed by atoms with Crippen molar-refractivity contribution in [2.24, 2.45) is 0 Å². The number of hydrogen-bond donors (Lipinski definition) is 3. The fourth-order valence-electron chi connectivity index (χ4n) is 4.08. The molecule has 0 saturated carbocycles. The smallest absolute Gasteiger partial charge is 0.317 e. The van der Waals surface area contributed by atoms with Crippen LogP contribution in [-0.2, 0) is 4.79 Å². The Hall–Kier alpha value is -1.99. The topological polar surface area (TPSA) is 90.9 Å². The normalized spacial score (nSPS) is 25.4. The fraction of sp³-hybridized carbons (Fsp3) is 0.600. The van der Waals surface area contributed by atoms with Crippen LogP contribution >= 0.6 is 11.6 Å². The lowest BCUT2D eigenvalue weighted by molar-refractivity contribution is -0.132. The van der Waals surface area contributed by atoms with Crippen molar-refractivity contribution in [2.75, 3.05) is 20.2 Å². The van der Waals surface area contributed by atoms with E-state index >= 15 is 0 Å². The van der Waals surface area contributed by atoms with Crippen LogP contribution in [0.3, 0.4) is 0 Å². The first-order valence-electron chi connectivity index (χ1n) is 9.62. The van der Waals surface area contributed by atoms with Crippen molar-refractivity contribution < 1.29 is 19.4 Å². The third kappa shape index (κ3) is 4.20. The van der Waals surface area contributed by atoms with Crippen molar-refractivity contribution in [3.8, 4) is 5.75 Å². The molecule has 3 N–H and O–H groups in total. The molecule has 2 aliphatic heterocycles. The van der Waals surface area contributed by atoms with E-state index in [0.29, 0.717) is 36.2 Å². The Balaban J connectivity index is 1.55. The molecule has 0 bridgehead atoms. The quantitative estimate of drug-likeness (QED) is 0.697. The summed E-state index contributed by atoms with van der Waals surface area (Å²) in [5.41, 5.74) is 1.55. The van der Waals surface area contributed by atoms with Crippen LogP contribution in [0.1, 0.15) is 49.7 Å². The summed E-state index contributed by atoms with van der Waals surface area (Å²) in [5, 5.41) is 15.7. The number of rotatable bonds is 5. The number of carbonyl (C=O) groups is 2. The number of benzene rings is 1. The number of aliphatic hydroxyl groups excluding tert-OH is 1. The lowest BCUT2D eigenvalue weighted by atomic mass is 9.86. The minimum Gasteiger partial charge on any atom is -0.495 e. The van der Waals surface area contributed by atoms with E-state index in [2.05, 4.69) is 10.6 Å². The molecule has 8 heteroatoms. The molecule has 0 spiro atoms. The van der Waals surface area contributed by atoms with Gasteiger partial charge in [0, 0.05) is 19.5 Å². The highest BCUT2D eigenvalue weighted by atomic mass is 35.5. The summed E-state index contributed by atoms with van der Waals surface area (Å²) in [6, 6.07) is 3.54. The van der Waals surface area contributed by atoms with Crippen LogP contribution in [-0.4, -0.2) is 53.9 Å². The van der Waals surface area contributed by atoms with Gasteiger partial charge in [0.2, 0.25) is 5.91 Å². The summed E-state index contributed by atoms with van der Waals surface area (Å²) in [5.74, 6) is 1.10. The van der Waals surface area contributed by atoms with Crippen LogP contribution < -0.4 is 15.4 Å². The molecule has 0 aromatic heterocycles. The SMILES string of the molecule is COc1cc(C2CCN(C(=O)CCC3(C)NC(=O)NC3O)CC2)c(C)cc1Cl. The van der Waals surface area contributed by atoms with Gasteiger partial charge < -0.3 is 25.4 Å². The summed E-state index contributed by atoms with van der Waals surface area (Å²) in [4.78, 5) is 25.9. The number of aryl methyl sites for hydroxylation is 1. The van der Waals surface area contributed by atoms with Crippen LogP contribution in [0.4, 0.5) is 4.79 Å². The first kappa shape index (κ1) is 20.7. The van der Waals surface area contributed by atoms with Gasteiger partial charge in [0.05, 0.1) is 17.7 Å². The van der Waals surface area contributed by atoms with Crippen LogP contribution in [0.25, 0.3) is 0 Å². The molecule has 1 aromatic carbocycles. The minimum atomic E-state index is -0.985. The Bertz CT molecular complexity index is 764. The molecule has 2 aliphatic rings. The number of carbonyl (C=O) groups excluding carboxylic acids is 2. The average molecular weight is 410 g/mol. The predicted octanol–water partition coefficient (Wildman–Crippen LogP) is 2.53. The van der Waals surface area contributed by atoms with Gasteiger partial charge in [-0.25, -0.2) is 4.79 Å². The summed E-state index contributed by atoms with van der Waals surface area (Å²) in [6.45, 7) is 5.18. The van der Waals surface area contributed by atoms with Gasteiger partial charge in [0.1, 0.15) is 5.75 Å². The van der Waals surface area contributed by atoms with Crippen LogP contribution in [0.5, 0.6) is 5.75 Å². The van der Waals surface area contributed by atoms with Crippen molar-refractivity contribution in [3.05, 3.63) is 28.3 Å². The Kier molecular flexibility index (Phi) is 6.05. The molecule has 3 amide bonds. The van der Waals surface area contributed by atoms with Crippen molar-refractivity contribution in [3.63, 3.8) is 0 Å². The molecule has 0 radical (unpaired) electrons. The fourth-order valence-corrected chi connectivity index (χ4v) is 4.37. The van der Waals surface area contributed by atoms with E-state index in [1.807, 2.05) is 24.0 Å². The number of methoxy groups -OCH3 is 1. The van der Waals surface area contributed by atoms with Gasteiger partial charge in [-0.05, 0) is 62.3 Å². The first-order valence-corrected chi connectivity index (χ1v) is 10.00. The molecular weight excluding hydrogens is 382 g/mol. The molecule has 2 heterocycles. The number of piperidine rings is 1. The molecular formula is C20H28ClN3O4. The van der Waals surface area contributed by atoms with Crippen molar-refractivity contribution in [2.45, 2.75) is 57.2 Å². The third-order valence-electron chi connectivity index (χ3n) is 5.96. The van der Waals surface area contributed by atoms with E-state index in [9.17, 15) is 14.7 Å². The first-order chi connectivity index (χ1) is 13.2. The summed E-state index contributed by atoms with van der Waals surface area (Å²) in [7, 11) is 1.61. The zero-order chi connectivity index (χ0) is 20.5. The number of halogens is 1. The van der Waals surface area contributed by atoms with E-state index in [0.717, 1.165) is 18.4 Å². The number of aliphatic hydroxyl groups is 1. The third-order valence-corrected chi connectivity index (χ3v) is 6.25. The molecule has 2 saturated heterocycles. The molecule has 0 aliphatic carbocycles. The van der Waals surface area contributed by atoms with E-state index in [1.165, 1.54) is 5.56 Å². The summed E-state index contributed by atoms with van der Waals surface area (Å²) < 4.78 is 5.35. The number of likely N-dealkylation sites (tertiary alicyclic amines) is 1. The van der Waals surface area contributed by atoms with Gasteiger partial charge in [-0.2, -0.15) is 0 Å². The van der Waals surface area contributed by atoms with E-state index in [1.54, 1.807) is 14.0 Å². The van der Waals surface area contributed by atoms with Gasteiger partial charge in [0.25, 0.3) is 0 Å². The van der Waals surface area contributed by atoms with Crippen molar-refractivity contribution >= 4 is 23.5 Å². The van der Waals surface area contributed by atoms with Crippen molar-refractivity contribution in [1.82, 2.24) is 15.5 Å². The second-order valence-electron chi connectivity index (χ2n) is 7.92. The summed E-state index contributed by atoms with van der Waals surface area (Å²) >= 11 is 6.20. The monoisotopic (exact) mass is 409 g/mol. The summed E-state index contributed by atoms with van der Waals surface area (Å²) in [6.07, 6.45) is 1.46. The second-order valence-corrected chi connectivity index (χ2v) is 8.32. The maximum absolute atomic E-state index is 12.6. The lowest BCUT2D eigenvalue weighted by Crippen LogP contribution is -2.48. The predicted molar refractivity (Wildman–Crippen MR) is 107 cm³/mol. The van der Waals surface area contributed by atoms with E-state index < -0.39 is 17.8 Å². The van der Waals surface area contributed by atoms with E-state index in [4.69, 9.17) is 16.3 Å². The number of nitrogens with zero attached hydrogens (tertiary/aromatic N) is 1. The number of ether oxygens (including phenoxy) is 1. The maximum Gasteiger partial charge on any atom is 0.317 e.